The van der Waals surface area contributed by atoms with Crippen LogP contribution in [0.2, 0.25) is 0 Å². The SMILES string of the molecule is COC(=O)C(C)CN(C)C(=O)C1CC2CC2C1. The van der Waals surface area contributed by atoms with Crippen molar-refractivity contribution in [2.75, 3.05) is 20.7 Å². The molecule has 0 N–H and O–H groups in total. The number of ether oxygens (including phenoxy) is 1. The normalized spacial score (nSPS) is 31.6. The van der Waals surface area contributed by atoms with E-state index >= 15 is 0 Å². The van der Waals surface area contributed by atoms with E-state index in [1.165, 1.54) is 13.5 Å². The van der Waals surface area contributed by atoms with Gasteiger partial charge in [0.25, 0.3) is 0 Å². The largest absolute Gasteiger partial charge is 0.469 e. The van der Waals surface area contributed by atoms with Crippen molar-refractivity contribution in [3.8, 4) is 0 Å². The van der Waals surface area contributed by atoms with Gasteiger partial charge in [-0.1, -0.05) is 6.92 Å². The van der Waals surface area contributed by atoms with Gasteiger partial charge in [0.1, 0.15) is 0 Å². The Labute approximate surface area is 102 Å². The van der Waals surface area contributed by atoms with E-state index in [0.29, 0.717) is 6.54 Å². The number of carbonyl (C=O) groups excluding carboxylic acids is 2. The van der Waals surface area contributed by atoms with Crippen LogP contribution in [0.4, 0.5) is 0 Å². The molecule has 2 aliphatic rings. The van der Waals surface area contributed by atoms with Gasteiger partial charge in [0.2, 0.25) is 5.91 Å². The second-order valence-corrected chi connectivity index (χ2v) is 5.57. The first kappa shape index (κ1) is 12.4. The maximum absolute atomic E-state index is 12.1. The van der Waals surface area contributed by atoms with Gasteiger partial charge in [0.15, 0.2) is 0 Å². The third-order valence-corrected chi connectivity index (χ3v) is 4.12. The van der Waals surface area contributed by atoms with Crippen LogP contribution in [0.15, 0.2) is 0 Å². The summed E-state index contributed by atoms with van der Waals surface area (Å²) in [6.07, 6.45) is 3.44. The fourth-order valence-electron chi connectivity index (χ4n) is 3.00. The van der Waals surface area contributed by atoms with Gasteiger partial charge in [0.05, 0.1) is 13.0 Å². The van der Waals surface area contributed by atoms with Gasteiger partial charge in [0, 0.05) is 19.5 Å². The van der Waals surface area contributed by atoms with Crippen LogP contribution in [0, 0.1) is 23.7 Å². The Kier molecular flexibility index (Phi) is 3.40. The van der Waals surface area contributed by atoms with E-state index in [1.807, 2.05) is 0 Å². The molecular weight excluding hydrogens is 218 g/mol. The molecule has 0 saturated heterocycles. The maximum atomic E-state index is 12.1. The van der Waals surface area contributed by atoms with Crippen LogP contribution in [-0.2, 0) is 14.3 Å². The first-order valence-corrected chi connectivity index (χ1v) is 6.35. The molecule has 0 radical (unpaired) electrons. The fraction of sp³-hybridized carbons (Fsp3) is 0.846. The number of rotatable bonds is 4. The molecule has 4 nitrogen and oxygen atoms in total. The zero-order chi connectivity index (χ0) is 12.6. The smallest absolute Gasteiger partial charge is 0.310 e. The molecule has 4 heteroatoms. The summed E-state index contributed by atoms with van der Waals surface area (Å²) in [5.41, 5.74) is 0. The zero-order valence-electron chi connectivity index (χ0n) is 10.8. The molecule has 96 valence electrons. The van der Waals surface area contributed by atoms with Gasteiger partial charge in [-0.05, 0) is 31.1 Å². The molecule has 2 rings (SSSR count). The average molecular weight is 239 g/mol. The van der Waals surface area contributed by atoms with Crippen molar-refractivity contribution in [2.24, 2.45) is 23.7 Å². The Morgan fingerprint density at radius 2 is 1.88 bits per heavy atom. The molecule has 17 heavy (non-hydrogen) atoms. The molecular formula is C13H21NO3. The van der Waals surface area contributed by atoms with Crippen LogP contribution in [0.25, 0.3) is 0 Å². The Balaban J connectivity index is 1.80. The standard InChI is InChI=1S/C13H21NO3/c1-8(13(16)17-3)7-14(2)12(15)11-5-9-4-10(9)6-11/h8-11H,4-7H2,1-3H3. The highest BCUT2D eigenvalue weighted by molar-refractivity contribution is 5.80. The molecule has 1 amide bonds. The number of esters is 1. The highest BCUT2D eigenvalue weighted by atomic mass is 16.5. The molecule has 0 aromatic heterocycles. The van der Waals surface area contributed by atoms with Crippen LogP contribution >= 0.6 is 0 Å². The molecule has 0 bridgehead atoms. The van der Waals surface area contributed by atoms with Crippen molar-refractivity contribution in [2.45, 2.75) is 26.2 Å². The summed E-state index contributed by atoms with van der Waals surface area (Å²) in [7, 11) is 3.16. The van der Waals surface area contributed by atoms with E-state index in [2.05, 4.69) is 4.74 Å². The lowest BCUT2D eigenvalue weighted by molar-refractivity contribution is -0.146. The third kappa shape index (κ3) is 2.61. The van der Waals surface area contributed by atoms with Crippen LogP contribution < -0.4 is 0 Å². The van der Waals surface area contributed by atoms with Gasteiger partial charge < -0.3 is 9.64 Å². The predicted molar refractivity (Wildman–Crippen MR) is 63.1 cm³/mol. The minimum absolute atomic E-state index is 0.202. The first-order chi connectivity index (χ1) is 8.02. The minimum atomic E-state index is -0.251. The van der Waals surface area contributed by atoms with Crippen LogP contribution in [0.1, 0.15) is 26.2 Å². The number of hydrogen-bond donors (Lipinski definition) is 0. The van der Waals surface area contributed by atoms with Crippen molar-refractivity contribution in [3.05, 3.63) is 0 Å². The predicted octanol–water partition coefficient (Wildman–Crippen LogP) is 1.30. The Morgan fingerprint density at radius 3 is 2.41 bits per heavy atom. The molecule has 3 unspecified atom stereocenters. The van der Waals surface area contributed by atoms with Crippen LogP contribution in [0.5, 0.6) is 0 Å². The van der Waals surface area contributed by atoms with E-state index < -0.39 is 0 Å². The lowest BCUT2D eigenvalue weighted by atomic mass is 10.0. The van der Waals surface area contributed by atoms with Crippen LogP contribution in [0.3, 0.4) is 0 Å². The molecule has 3 atom stereocenters. The maximum Gasteiger partial charge on any atom is 0.310 e. The summed E-state index contributed by atoms with van der Waals surface area (Å²) >= 11 is 0. The lowest BCUT2D eigenvalue weighted by Gasteiger charge is -2.24. The van der Waals surface area contributed by atoms with Gasteiger partial charge in [-0.2, -0.15) is 0 Å². The molecule has 0 aliphatic heterocycles. The molecule has 2 aliphatic carbocycles. The molecule has 0 spiro atoms. The number of amides is 1. The molecule has 0 aromatic carbocycles. The van der Waals surface area contributed by atoms with E-state index in [4.69, 9.17) is 0 Å². The Morgan fingerprint density at radius 1 is 1.29 bits per heavy atom. The Hall–Kier alpha value is -1.06. The molecule has 2 saturated carbocycles. The Bertz CT molecular complexity index is 319. The topological polar surface area (TPSA) is 46.6 Å². The summed E-state index contributed by atoms with van der Waals surface area (Å²) in [6.45, 7) is 2.25. The third-order valence-electron chi connectivity index (χ3n) is 4.12. The van der Waals surface area contributed by atoms with Gasteiger partial charge in [-0.25, -0.2) is 0 Å². The van der Waals surface area contributed by atoms with Gasteiger partial charge in [-0.15, -0.1) is 0 Å². The second-order valence-electron chi connectivity index (χ2n) is 5.57. The second kappa shape index (κ2) is 4.67. The highest BCUT2D eigenvalue weighted by Crippen LogP contribution is 2.54. The van der Waals surface area contributed by atoms with E-state index in [0.717, 1.165) is 24.7 Å². The van der Waals surface area contributed by atoms with Crippen molar-refractivity contribution in [3.63, 3.8) is 0 Å². The van der Waals surface area contributed by atoms with Crippen molar-refractivity contribution >= 4 is 11.9 Å². The van der Waals surface area contributed by atoms with Crippen molar-refractivity contribution in [1.82, 2.24) is 4.90 Å². The summed E-state index contributed by atoms with van der Waals surface area (Å²) in [5.74, 6) is 1.54. The van der Waals surface area contributed by atoms with E-state index in [-0.39, 0.29) is 23.7 Å². The summed E-state index contributed by atoms with van der Waals surface area (Å²) in [5, 5.41) is 0. The zero-order valence-corrected chi connectivity index (χ0v) is 10.8. The van der Waals surface area contributed by atoms with Gasteiger partial charge >= 0.3 is 5.97 Å². The van der Waals surface area contributed by atoms with E-state index in [1.54, 1.807) is 18.9 Å². The summed E-state index contributed by atoms with van der Waals surface area (Å²) in [4.78, 5) is 25.1. The number of fused-ring (bicyclic) bond motifs is 1. The van der Waals surface area contributed by atoms with Gasteiger partial charge in [-0.3, -0.25) is 9.59 Å². The summed E-state index contributed by atoms with van der Waals surface area (Å²) in [6, 6.07) is 0. The monoisotopic (exact) mass is 239 g/mol. The first-order valence-electron chi connectivity index (χ1n) is 6.35. The van der Waals surface area contributed by atoms with Crippen molar-refractivity contribution in [1.29, 1.82) is 0 Å². The molecule has 0 heterocycles. The van der Waals surface area contributed by atoms with Crippen molar-refractivity contribution < 1.29 is 14.3 Å². The van der Waals surface area contributed by atoms with Crippen LogP contribution in [-0.4, -0.2) is 37.5 Å². The lowest BCUT2D eigenvalue weighted by Crippen LogP contribution is -2.37. The van der Waals surface area contributed by atoms with E-state index in [9.17, 15) is 9.59 Å². The molecule has 0 aromatic rings. The number of hydrogen-bond acceptors (Lipinski definition) is 3. The number of methoxy groups -OCH3 is 1. The number of nitrogens with zero attached hydrogens (tertiary/aromatic N) is 1. The summed E-state index contributed by atoms with van der Waals surface area (Å²) < 4.78 is 4.67. The fourth-order valence-corrected chi connectivity index (χ4v) is 3.00. The minimum Gasteiger partial charge on any atom is -0.469 e. The average Bonchev–Trinajstić information content (AvgIpc) is 2.93. The highest BCUT2D eigenvalue weighted by Gasteiger charge is 2.48. The number of carbonyl (C=O) groups is 2. The molecule has 2 fully saturated rings. The quantitative estimate of drug-likeness (QED) is 0.695.